The van der Waals surface area contributed by atoms with Crippen molar-refractivity contribution in [2.24, 2.45) is 0 Å². The number of aromatic amines is 2. The van der Waals surface area contributed by atoms with Gasteiger partial charge in [0.25, 0.3) is 5.56 Å². The van der Waals surface area contributed by atoms with Crippen molar-refractivity contribution in [3.8, 4) is 5.75 Å². The Kier molecular flexibility index (Phi) is 5.78. The molecule has 0 aliphatic rings. The number of amides is 2. The Morgan fingerprint density at radius 2 is 2.08 bits per heavy atom. The summed E-state index contributed by atoms with van der Waals surface area (Å²) in [4.78, 5) is 38.8. The van der Waals surface area contributed by atoms with Crippen molar-refractivity contribution < 1.29 is 9.53 Å². The number of rotatable bonds is 6. The largest absolute Gasteiger partial charge is 0.491 e. The molecular weight excluding hydrogens is 312 g/mol. The van der Waals surface area contributed by atoms with Crippen molar-refractivity contribution >= 4 is 11.7 Å². The van der Waals surface area contributed by atoms with Crippen LogP contribution in [0, 0.1) is 0 Å². The predicted molar refractivity (Wildman–Crippen MR) is 90.6 cm³/mol. The van der Waals surface area contributed by atoms with Gasteiger partial charge in [0.1, 0.15) is 5.75 Å². The predicted octanol–water partition coefficient (Wildman–Crippen LogP) is 1.21. The third-order valence-electron chi connectivity index (χ3n) is 3.04. The fourth-order valence-corrected chi connectivity index (χ4v) is 2.03. The lowest BCUT2D eigenvalue weighted by Gasteiger charge is -2.12. The molecule has 0 fully saturated rings. The van der Waals surface area contributed by atoms with Crippen LogP contribution in [0.4, 0.5) is 10.5 Å². The van der Waals surface area contributed by atoms with Gasteiger partial charge in [-0.05, 0) is 32.4 Å². The Hall–Kier alpha value is -3.03. The van der Waals surface area contributed by atoms with Gasteiger partial charge in [-0.25, -0.2) is 9.59 Å². The van der Waals surface area contributed by atoms with Crippen LogP contribution in [0.5, 0.6) is 5.75 Å². The third kappa shape index (κ3) is 5.31. The number of H-pyrrole nitrogens is 2. The Labute approximate surface area is 138 Å². The van der Waals surface area contributed by atoms with Crippen LogP contribution in [-0.4, -0.2) is 28.6 Å². The molecule has 1 heterocycles. The number of urea groups is 1. The van der Waals surface area contributed by atoms with E-state index < -0.39 is 17.3 Å². The van der Waals surface area contributed by atoms with Crippen molar-refractivity contribution in [1.29, 1.82) is 0 Å². The van der Waals surface area contributed by atoms with Gasteiger partial charge in [-0.2, -0.15) is 0 Å². The highest BCUT2D eigenvalue weighted by Crippen LogP contribution is 2.18. The van der Waals surface area contributed by atoms with E-state index in [9.17, 15) is 14.4 Å². The summed E-state index contributed by atoms with van der Waals surface area (Å²) in [5.74, 6) is 0.669. The summed E-state index contributed by atoms with van der Waals surface area (Å²) in [5, 5.41) is 5.34. The van der Waals surface area contributed by atoms with Crippen LogP contribution < -0.4 is 26.6 Å². The van der Waals surface area contributed by atoms with Gasteiger partial charge in [-0.1, -0.05) is 6.07 Å². The minimum atomic E-state index is -0.557. The Morgan fingerprint density at radius 1 is 1.29 bits per heavy atom. The van der Waals surface area contributed by atoms with E-state index >= 15 is 0 Å². The van der Waals surface area contributed by atoms with Gasteiger partial charge in [0.2, 0.25) is 0 Å². The summed E-state index contributed by atoms with van der Waals surface area (Å²) in [6.45, 7) is 4.10. The molecule has 2 aromatic rings. The van der Waals surface area contributed by atoms with Gasteiger partial charge in [0.05, 0.1) is 6.10 Å². The van der Waals surface area contributed by atoms with Crippen LogP contribution in [0.15, 0.2) is 40.1 Å². The highest BCUT2D eigenvalue weighted by molar-refractivity contribution is 5.89. The molecule has 0 spiro atoms. The molecule has 8 nitrogen and oxygen atoms in total. The summed E-state index contributed by atoms with van der Waals surface area (Å²) in [6, 6.07) is 6.68. The maximum Gasteiger partial charge on any atom is 0.325 e. The molecule has 0 atom stereocenters. The fourth-order valence-electron chi connectivity index (χ4n) is 2.03. The van der Waals surface area contributed by atoms with Gasteiger partial charge in [-0.3, -0.25) is 9.78 Å². The molecule has 0 saturated heterocycles. The van der Waals surface area contributed by atoms with Gasteiger partial charge < -0.3 is 20.4 Å². The lowest BCUT2D eigenvalue weighted by molar-refractivity contribution is 0.242. The smallest absolute Gasteiger partial charge is 0.325 e. The number of carbonyl (C=O) groups is 1. The molecule has 8 heteroatoms. The number of aromatic nitrogens is 2. The molecule has 4 N–H and O–H groups in total. The van der Waals surface area contributed by atoms with Crippen LogP contribution in [0.25, 0.3) is 0 Å². The summed E-state index contributed by atoms with van der Waals surface area (Å²) >= 11 is 0. The molecule has 0 aliphatic heterocycles. The van der Waals surface area contributed by atoms with Gasteiger partial charge >= 0.3 is 11.7 Å². The van der Waals surface area contributed by atoms with E-state index in [4.69, 9.17) is 4.74 Å². The molecule has 0 radical (unpaired) electrons. The topological polar surface area (TPSA) is 116 Å². The molecule has 0 bridgehead atoms. The highest BCUT2D eigenvalue weighted by atomic mass is 16.5. The standard InChI is InChI=1S/C16H20N4O4/c1-10(2)24-13-5-3-4-12(8-13)19-15(22)17-7-6-11-9-18-16(23)20-14(11)21/h3-5,8-10H,6-7H2,1-2H3,(H2,17,19,22)(H2,18,20,21,23). The van der Waals surface area contributed by atoms with E-state index in [0.717, 1.165) is 0 Å². The second kappa shape index (κ2) is 8.00. The highest BCUT2D eigenvalue weighted by Gasteiger charge is 2.05. The van der Waals surface area contributed by atoms with E-state index in [0.29, 0.717) is 23.4 Å². The van der Waals surface area contributed by atoms with Crippen LogP contribution in [-0.2, 0) is 6.42 Å². The third-order valence-corrected chi connectivity index (χ3v) is 3.04. The minimum absolute atomic E-state index is 0.0458. The molecule has 2 amide bonds. The molecule has 128 valence electrons. The molecule has 0 saturated carbocycles. The van der Waals surface area contributed by atoms with E-state index in [2.05, 4.69) is 20.6 Å². The van der Waals surface area contributed by atoms with Gasteiger partial charge in [0.15, 0.2) is 0 Å². The number of hydrogen-bond donors (Lipinski definition) is 4. The van der Waals surface area contributed by atoms with Crippen molar-refractivity contribution in [2.45, 2.75) is 26.4 Å². The molecule has 0 aliphatic carbocycles. The average Bonchev–Trinajstić information content (AvgIpc) is 2.49. The monoisotopic (exact) mass is 332 g/mol. The van der Waals surface area contributed by atoms with Crippen molar-refractivity contribution in [2.75, 3.05) is 11.9 Å². The number of nitrogens with one attached hydrogen (secondary N) is 4. The molecule has 0 unspecified atom stereocenters. The first-order chi connectivity index (χ1) is 11.4. The van der Waals surface area contributed by atoms with Crippen LogP contribution in [0.2, 0.25) is 0 Å². The van der Waals surface area contributed by atoms with Crippen LogP contribution in [0.3, 0.4) is 0 Å². The zero-order valence-corrected chi connectivity index (χ0v) is 13.5. The summed E-state index contributed by atoms with van der Waals surface area (Å²) in [6.07, 6.45) is 1.69. The quantitative estimate of drug-likeness (QED) is 0.636. The molecular formula is C16H20N4O4. The fraction of sp³-hybridized carbons (Fsp3) is 0.312. The van der Waals surface area contributed by atoms with Crippen molar-refractivity contribution in [1.82, 2.24) is 15.3 Å². The maximum absolute atomic E-state index is 11.9. The number of anilines is 1. The van der Waals surface area contributed by atoms with E-state index in [1.54, 1.807) is 18.2 Å². The minimum Gasteiger partial charge on any atom is -0.491 e. The number of hydrogen-bond acceptors (Lipinski definition) is 4. The Balaban J connectivity index is 1.85. The Morgan fingerprint density at radius 3 is 2.79 bits per heavy atom. The first kappa shape index (κ1) is 17.3. The Bertz CT molecular complexity index is 810. The summed E-state index contributed by atoms with van der Waals surface area (Å²) in [5.41, 5.74) is -0.0211. The molecule has 2 rings (SSSR count). The van der Waals surface area contributed by atoms with Crippen molar-refractivity contribution in [3.05, 3.63) is 56.9 Å². The first-order valence-electron chi connectivity index (χ1n) is 7.56. The first-order valence-corrected chi connectivity index (χ1v) is 7.56. The zero-order valence-electron chi connectivity index (χ0n) is 13.5. The average molecular weight is 332 g/mol. The number of carbonyl (C=O) groups excluding carboxylic acids is 1. The SMILES string of the molecule is CC(C)Oc1cccc(NC(=O)NCCc2c[nH]c(=O)[nH]c2=O)c1. The second-order valence-electron chi connectivity index (χ2n) is 5.42. The van der Waals surface area contributed by atoms with Gasteiger partial charge in [0, 0.05) is 30.1 Å². The summed E-state index contributed by atoms with van der Waals surface area (Å²) in [7, 11) is 0. The molecule has 1 aromatic carbocycles. The molecule has 24 heavy (non-hydrogen) atoms. The lowest BCUT2D eigenvalue weighted by Crippen LogP contribution is -2.32. The lowest BCUT2D eigenvalue weighted by atomic mass is 10.2. The number of benzene rings is 1. The zero-order chi connectivity index (χ0) is 17.5. The summed E-state index contributed by atoms with van der Waals surface area (Å²) < 4.78 is 5.56. The number of ether oxygens (including phenoxy) is 1. The van der Waals surface area contributed by atoms with Gasteiger partial charge in [-0.15, -0.1) is 0 Å². The van der Waals surface area contributed by atoms with E-state index in [-0.39, 0.29) is 12.6 Å². The second-order valence-corrected chi connectivity index (χ2v) is 5.42. The molecule has 1 aromatic heterocycles. The maximum atomic E-state index is 11.9. The van der Waals surface area contributed by atoms with Crippen LogP contribution >= 0.6 is 0 Å². The van der Waals surface area contributed by atoms with Crippen molar-refractivity contribution in [3.63, 3.8) is 0 Å². The van der Waals surface area contributed by atoms with E-state index in [1.165, 1.54) is 6.20 Å². The van der Waals surface area contributed by atoms with E-state index in [1.807, 2.05) is 19.9 Å². The normalized spacial score (nSPS) is 10.5. The van der Waals surface area contributed by atoms with Crippen LogP contribution in [0.1, 0.15) is 19.4 Å².